The lowest BCUT2D eigenvalue weighted by Crippen LogP contribution is -2.45. The number of nitrogens with one attached hydrogen (secondary N) is 1. The fourth-order valence-electron chi connectivity index (χ4n) is 4.55. The molecule has 0 aromatic heterocycles. The number of hydrogen-bond acceptors (Lipinski definition) is 4. The number of ether oxygens (including phenoxy) is 1. The van der Waals surface area contributed by atoms with Gasteiger partial charge in [0.05, 0.1) is 13.8 Å². The average molecular weight is 443 g/mol. The molecule has 170 valence electrons. The molecule has 0 unspecified atom stereocenters. The highest BCUT2D eigenvalue weighted by atomic mass is 19.2. The number of benzene rings is 2. The number of likely N-dealkylation sites (tertiary alicyclic amines) is 1. The van der Waals surface area contributed by atoms with Gasteiger partial charge in [0.25, 0.3) is 5.91 Å². The van der Waals surface area contributed by atoms with Crippen LogP contribution in [-0.2, 0) is 10.3 Å². The highest BCUT2D eigenvalue weighted by Crippen LogP contribution is 2.34. The lowest BCUT2D eigenvalue weighted by molar-refractivity contribution is -0.132. The maximum Gasteiger partial charge on any atom is 0.326 e. The van der Waals surface area contributed by atoms with Gasteiger partial charge < -0.3 is 10.1 Å². The molecule has 3 amide bonds. The van der Waals surface area contributed by atoms with Crippen LogP contribution in [-0.4, -0.2) is 42.1 Å². The van der Waals surface area contributed by atoms with Gasteiger partial charge in [0.15, 0.2) is 11.6 Å². The number of urea groups is 1. The summed E-state index contributed by atoms with van der Waals surface area (Å²) in [5, 5.41) is 2.67. The number of carbonyl (C=O) groups is 2. The van der Waals surface area contributed by atoms with Crippen LogP contribution in [0.1, 0.15) is 49.8 Å². The normalized spacial score (nSPS) is 24.4. The van der Waals surface area contributed by atoms with E-state index < -0.39 is 29.1 Å². The Hall–Kier alpha value is -3.00. The van der Waals surface area contributed by atoms with Crippen molar-refractivity contribution < 1.29 is 23.1 Å². The molecule has 2 aromatic rings. The van der Waals surface area contributed by atoms with Gasteiger partial charge >= 0.3 is 6.03 Å². The molecule has 0 bridgehead atoms. The molecule has 4 rings (SSSR count). The smallest absolute Gasteiger partial charge is 0.326 e. The standard InChI is InChI=1S/C24H27F2N3O3/c1-24(17-9-12-19(25)20(26)14-17)22(30)29(23(31)27-24)15-28-13-5-3-4-6-21(28)16-7-10-18(32-2)11-8-16/h7-12,14,21H,3-6,13,15H2,1-2H3,(H,27,31)/t21-,24-/m0/s1. The zero-order chi connectivity index (χ0) is 22.9. The molecule has 2 fully saturated rings. The predicted molar refractivity (Wildman–Crippen MR) is 115 cm³/mol. The number of nitrogens with zero attached hydrogens (tertiary/aromatic N) is 2. The number of imide groups is 1. The number of rotatable bonds is 5. The van der Waals surface area contributed by atoms with Gasteiger partial charge in [0, 0.05) is 12.6 Å². The fraction of sp³-hybridized carbons (Fsp3) is 0.417. The number of halogens is 2. The van der Waals surface area contributed by atoms with Crippen molar-refractivity contribution in [3.05, 3.63) is 65.2 Å². The number of carbonyl (C=O) groups excluding carboxylic acids is 2. The lowest BCUT2D eigenvalue weighted by Gasteiger charge is -2.33. The first-order valence-corrected chi connectivity index (χ1v) is 10.8. The second-order valence-corrected chi connectivity index (χ2v) is 8.51. The van der Waals surface area contributed by atoms with Crippen LogP contribution >= 0.6 is 0 Å². The summed E-state index contributed by atoms with van der Waals surface area (Å²) < 4.78 is 32.4. The summed E-state index contributed by atoms with van der Waals surface area (Å²) in [7, 11) is 1.62. The minimum atomic E-state index is -1.45. The summed E-state index contributed by atoms with van der Waals surface area (Å²) in [5.74, 6) is -1.77. The van der Waals surface area contributed by atoms with Gasteiger partial charge in [-0.2, -0.15) is 0 Å². The highest BCUT2D eigenvalue weighted by Gasteiger charge is 2.50. The summed E-state index contributed by atoms with van der Waals surface area (Å²) in [5.41, 5.74) is -0.143. The quantitative estimate of drug-likeness (QED) is 0.700. The van der Waals surface area contributed by atoms with Gasteiger partial charge in [0.1, 0.15) is 11.3 Å². The van der Waals surface area contributed by atoms with E-state index in [2.05, 4.69) is 10.2 Å². The summed E-state index contributed by atoms with van der Waals surface area (Å²) in [6, 6.07) is 10.6. The van der Waals surface area contributed by atoms with Crippen molar-refractivity contribution in [2.75, 3.05) is 20.3 Å². The van der Waals surface area contributed by atoms with Gasteiger partial charge in [0.2, 0.25) is 0 Å². The van der Waals surface area contributed by atoms with Crippen LogP contribution in [0.25, 0.3) is 0 Å². The Kier molecular flexibility index (Phi) is 6.15. The van der Waals surface area contributed by atoms with Gasteiger partial charge in [-0.15, -0.1) is 0 Å². The van der Waals surface area contributed by atoms with Crippen LogP contribution in [0, 0.1) is 11.6 Å². The second-order valence-electron chi connectivity index (χ2n) is 8.51. The van der Waals surface area contributed by atoms with Crippen molar-refractivity contribution >= 4 is 11.9 Å². The van der Waals surface area contributed by atoms with Crippen LogP contribution in [0.5, 0.6) is 5.75 Å². The first-order valence-electron chi connectivity index (χ1n) is 10.8. The summed E-state index contributed by atoms with van der Waals surface area (Å²) in [6.45, 7) is 2.39. The molecule has 0 saturated carbocycles. The van der Waals surface area contributed by atoms with Gasteiger partial charge in [-0.3, -0.25) is 9.69 Å². The molecule has 0 aliphatic carbocycles. The maximum atomic E-state index is 13.8. The zero-order valence-corrected chi connectivity index (χ0v) is 18.2. The van der Waals surface area contributed by atoms with E-state index in [1.165, 1.54) is 17.9 Å². The Morgan fingerprint density at radius 3 is 2.50 bits per heavy atom. The van der Waals surface area contributed by atoms with E-state index in [-0.39, 0.29) is 18.3 Å². The number of methoxy groups -OCH3 is 1. The van der Waals surface area contributed by atoms with Crippen LogP contribution in [0.15, 0.2) is 42.5 Å². The fourth-order valence-corrected chi connectivity index (χ4v) is 4.55. The Morgan fingerprint density at radius 1 is 1.06 bits per heavy atom. The van der Waals surface area contributed by atoms with E-state index >= 15 is 0 Å². The van der Waals surface area contributed by atoms with E-state index in [4.69, 9.17) is 4.74 Å². The molecule has 0 spiro atoms. The van der Waals surface area contributed by atoms with Crippen LogP contribution in [0.4, 0.5) is 13.6 Å². The third-order valence-electron chi connectivity index (χ3n) is 6.46. The minimum Gasteiger partial charge on any atom is -0.497 e. The first-order chi connectivity index (χ1) is 15.3. The molecule has 8 heteroatoms. The maximum absolute atomic E-state index is 13.8. The molecular formula is C24H27F2N3O3. The van der Waals surface area contributed by atoms with E-state index in [1.807, 2.05) is 24.3 Å². The van der Waals surface area contributed by atoms with Crippen molar-refractivity contribution in [3.8, 4) is 5.75 Å². The van der Waals surface area contributed by atoms with Crippen LogP contribution in [0.2, 0.25) is 0 Å². The summed E-state index contributed by atoms with van der Waals surface area (Å²) in [6.07, 6.45) is 4.02. The van der Waals surface area contributed by atoms with Crippen molar-refractivity contribution in [1.29, 1.82) is 0 Å². The highest BCUT2D eigenvalue weighted by molar-refractivity contribution is 6.07. The monoisotopic (exact) mass is 443 g/mol. The van der Waals surface area contributed by atoms with Gasteiger partial charge in [-0.25, -0.2) is 18.5 Å². The van der Waals surface area contributed by atoms with Crippen molar-refractivity contribution in [1.82, 2.24) is 15.1 Å². The Balaban J connectivity index is 1.58. The molecule has 2 aliphatic rings. The molecule has 2 aliphatic heterocycles. The predicted octanol–water partition coefficient (Wildman–Crippen LogP) is 4.32. The molecule has 2 heterocycles. The third kappa shape index (κ3) is 4.07. The Bertz CT molecular complexity index is 1010. The third-order valence-corrected chi connectivity index (χ3v) is 6.46. The Labute approximate surface area is 186 Å². The van der Waals surface area contributed by atoms with Crippen molar-refractivity contribution in [2.24, 2.45) is 0 Å². The molecule has 2 atom stereocenters. The van der Waals surface area contributed by atoms with Gasteiger partial charge in [-0.1, -0.05) is 31.0 Å². The topological polar surface area (TPSA) is 61.9 Å². The summed E-state index contributed by atoms with van der Waals surface area (Å²) in [4.78, 5) is 29.4. The summed E-state index contributed by atoms with van der Waals surface area (Å²) >= 11 is 0. The lowest BCUT2D eigenvalue weighted by atomic mass is 9.92. The van der Waals surface area contributed by atoms with E-state index in [0.717, 1.165) is 55.7 Å². The van der Waals surface area contributed by atoms with Crippen LogP contribution in [0.3, 0.4) is 0 Å². The Morgan fingerprint density at radius 2 is 1.81 bits per heavy atom. The second kappa shape index (κ2) is 8.86. The largest absolute Gasteiger partial charge is 0.497 e. The molecule has 32 heavy (non-hydrogen) atoms. The molecule has 6 nitrogen and oxygen atoms in total. The molecule has 2 aromatic carbocycles. The minimum absolute atomic E-state index is 0.0547. The van der Waals surface area contributed by atoms with Crippen molar-refractivity contribution in [3.63, 3.8) is 0 Å². The van der Waals surface area contributed by atoms with Gasteiger partial charge in [-0.05, 0) is 55.2 Å². The zero-order valence-electron chi connectivity index (χ0n) is 18.2. The number of amides is 3. The van der Waals surface area contributed by atoms with Crippen LogP contribution < -0.4 is 10.1 Å². The SMILES string of the molecule is COc1ccc([C@@H]2CCCCCN2CN2C(=O)N[C@@](C)(c3ccc(F)c(F)c3)C2=O)cc1. The van der Waals surface area contributed by atoms with E-state index in [0.29, 0.717) is 0 Å². The van der Waals surface area contributed by atoms with Crippen molar-refractivity contribution in [2.45, 2.75) is 44.2 Å². The number of hydrogen-bond donors (Lipinski definition) is 1. The average Bonchev–Trinajstić information content (AvgIpc) is 2.94. The molecule has 2 saturated heterocycles. The van der Waals surface area contributed by atoms with E-state index in [1.54, 1.807) is 7.11 Å². The molecule has 1 N–H and O–H groups in total. The molecule has 0 radical (unpaired) electrons. The molecular weight excluding hydrogens is 416 g/mol. The van der Waals surface area contributed by atoms with E-state index in [9.17, 15) is 18.4 Å². The first kappa shape index (κ1) is 22.2.